The van der Waals surface area contributed by atoms with Gasteiger partial charge in [-0.1, -0.05) is 163 Å². The molecule has 0 N–H and O–H groups in total. The molecule has 0 aliphatic carbocycles. The molecule has 12 aromatic rings. The number of benzene rings is 11. The van der Waals surface area contributed by atoms with Gasteiger partial charge in [0, 0.05) is 40.4 Å². The third kappa shape index (κ3) is 4.54. The molecular formula is C59H40BN3. The van der Waals surface area contributed by atoms with E-state index in [2.05, 4.69) is 223 Å². The highest BCUT2D eigenvalue weighted by atomic mass is 15.3. The Hall–Kier alpha value is -7.82. The van der Waals surface area contributed by atoms with Crippen molar-refractivity contribution in [1.82, 2.24) is 4.57 Å². The van der Waals surface area contributed by atoms with Crippen molar-refractivity contribution in [3.63, 3.8) is 0 Å². The zero-order valence-corrected chi connectivity index (χ0v) is 35.3. The van der Waals surface area contributed by atoms with Gasteiger partial charge in [0.25, 0.3) is 6.71 Å². The Morgan fingerprint density at radius 3 is 1.30 bits per heavy atom. The standard InChI is InChI=1S/C59H40BN3/c1-35-29-31-49-47(33-35)57-59(61(49)3)63(52-26-13-24-46-42-18-7-5-16-38(42)40-20-9-11-22-44(40)56(46)52)54-28-14-27-53-58(54)60(57)48-34-36(2)30-32-50(48)62(53)51-25-12-23-45-41-17-6-4-15-37(41)39-19-8-10-21-43(39)55(45)51/h4-34H,1-3H3. The number of nitrogens with zero attached hydrogens (tertiary/aromatic N) is 3. The molecule has 3 heterocycles. The van der Waals surface area contributed by atoms with Crippen molar-refractivity contribution in [2.24, 2.45) is 7.05 Å². The van der Waals surface area contributed by atoms with E-state index in [1.165, 1.54) is 137 Å². The molecule has 63 heavy (non-hydrogen) atoms. The Morgan fingerprint density at radius 2 is 0.746 bits per heavy atom. The van der Waals surface area contributed by atoms with Crippen molar-refractivity contribution in [2.75, 3.05) is 9.80 Å². The summed E-state index contributed by atoms with van der Waals surface area (Å²) in [4.78, 5) is 5.22. The molecule has 0 saturated carbocycles. The monoisotopic (exact) mass is 801 g/mol. The highest BCUT2D eigenvalue weighted by Crippen LogP contribution is 2.51. The van der Waals surface area contributed by atoms with E-state index in [0.717, 1.165) is 0 Å². The maximum absolute atomic E-state index is 2.62. The molecule has 2 aliphatic rings. The molecule has 14 rings (SSSR count). The lowest BCUT2D eigenvalue weighted by atomic mass is 9.33. The summed E-state index contributed by atoms with van der Waals surface area (Å²) < 4.78 is 2.46. The van der Waals surface area contributed by atoms with Gasteiger partial charge in [0.15, 0.2) is 0 Å². The lowest BCUT2D eigenvalue weighted by molar-refractivity contribution is 0.952. The zero-order chi connectivity index (χ0) is 41.7. The van der Waals surface area contributed by atoms with E-state index >= 15 is 0 Å². The summed E-state index contributed by atoms with van der Waals surface area (Å²) in [5.74, 6) is 1.22. The predicted octanol–water partition coefficient (Wildman–Crippen LogP) is 13.8. The number of fused-ring (bicyclic) bond motifs is 18. The summed E-state index contributed by atoms with van der Waals surface area (Å²) in [7, 11) is 2.27. The van der Waals surface area contributed by atoms with E-state index in [0.29, 0.717) is 0 Å². The highest BCUT2D eigenvalue weighted by Gasteiger charge is 2.46. The molecule has 2 aliphatic heterocycles. The second-order valence-electron chi connectivity index (χ2n) is 17.8. The normalized spacial score (nSPS) is 13.2. The predicted molar refractivity (Wildman–Crippen MR) is 271 cm³/mol. The first-order chi connectivity index (χ1) is 31.0. The average molecular weight is 802 g/mol. The topological polar surface area (TPSA) is 11.4 Å². The van der Waals surface area contributed by atoms with Gasteiger partial charge < -0.3 is 9.47 Å². The fraction of sp³-hybridized carbons (Fsp3) is 0.0508. The third-order valence-corrected chi connectivity index (χ3v) is 14.4. The fourth-order valence-corrected chi connectivity index (χ4v) is 11.9. The van der Waals surface area contributed by atoms with Crippen molar-refractivity contribution in [3.8, 4) is 0 Å². The lowest BCUT2D eigenvalue weighted by Crippen LogP contribution is -2.61. The van der Waals surface area contributed by atoms with Crippen LogP contribution in [0.4, 0.5) is 34.3 Å². The second kappa shape index (κ2) is 12.6. The Bertz CT molecular complexity index is 3900. The number of hydrogen-bond acceptors (Lipinski definition) is 2. The van der Waals surface area contributed by atoms with Crippen LogP contribution in [0.25, 0.3) is 75.5 Å². The third-order valence-electron chi connectivity index (χ3n) is 14.4. The quantitative estimate of drug-likeness (QED) is 0.127. The summed E-state index contributed by atoms with van der Waals surface area (Å²) in [5.41, 5.74) is 13.8. The van der Waals surface area contributed by atoms with Gasteiger partial charge >= 0.3 is 0 Å². The zero-order valence-electron chi connectivity index (χ0n) is 35.3. The Balaban J connectivity index is 1.15. The van der Waals surface area contributed by atoms with Crippen LogP contribution < -0.4 is 26.2 Å². The van der Waals surface area contributed by atoms with Crippen LogP contribution in [0.1, 0.15) is 11.1 Å². The Kier molecular flexibility index (Phi) is 6.98. The van der Waals surface area contributed by atoms with Gasteiger partial charge in [0.05, 0.1) is 11.4 Å². The Morgan fingerprint density at radius 1 is 0.333 bits per heavy atom. The van der Waals surface area contributed by atoms with Crippen LogP contribution >= 0.6 is 0 Å². The number of anilines is 6. The van der Waals surface area contributed by atoms with Crippen LogP contribution in [0.3, 0.4) is 0 Å². The molecule has 0 amide bonds. The van der Waals surface area contributed by atoms with Gasteiger partial charge in [-0.25, -0.2) is 0 Å². The first-order valence-electron chi connectivity index (χ1n) is 22.1. The van der Waals surface area contributed by atoms with Crippen LogP contribution in [0.2, 0.25) is 0 Å². The van der Waals surface area contributed by atoms with Gasteiger partial charge in [-0.05, 0) is 126 Å². The van der Waals surface area contributed by atoms with Crippen LogP contribution in [0.15, 0.2) is 188 Å². The number of rotatable bonds is 2. The largest absolute Gasteiger partial charge is 0.330 e. The lowest BCUT2D eigenvalue weighted by Gasteiger charge is -2.44. The van der Waals surface area contributed by atoms with Gasteiger partial charge in [-0.15, -0.1) is 0 Å². The molecular weight excluding hydrogens is 761 g/mol. The molecule has 0 bridgehead atoms. The van der Waals surface area contributed by atoms with Gasteiger partial charge in [-0.3, -0.25) is 4.90 Å². The van der Waals surface area contributed by atoms with Crippen LogP contribution in [0, 0.1) is 13.8 Å². The summed E-state index contributed by atoms with van der Waals surface area (Å²) in [6.45, 7) is 4.48. The molecule has 0 unspecified atom stereocenters. The molecule has 4 heteroatoms. The van der Waals surface area contributed by atoms with E-state index in [4.69, 9.17) is 0 Å². The molecule has 294 valence electrons. The van der Waals surface area contributed by atoms with Crippen LogP contribution in [-0.4, -0.2) is 11.3 Å². The minimum atomic E-state index is -0.000739. The fourth-order valence-electron chi connectivity index (χ4n) is 11.9. The molecule has 3 nitrogen and oxygen atoms in total. The summed E-state index contributed by atoms with van der Waals surface area (Å²) in [6.07, 6.45) is 0. The minimum Gasteiger partial charge on any atom is -0.330 e. The maximum Gasteiger partial charge on any atom is 0.255 e. The molecule has 1 aromatic heterocycles. The summed E-state index contributed by atoms with van der Waals surface area (Å²) in [6, 6.07) is 70.9. The van der Waals surface area contributed by atoms with E-state index in [1.807, 2.05) is 0 Å². The highest BCUT2D eigenvalue weighted by molar-refractivity contribution is 7.01. The van der Waals surface area contributed by atoms with Crippen LogP contribution in [0.5, 0.6) is 0 Å². The number of hydrogen-bond donors (Lipinski definition) is 0. The molecule has 0 atom stereocenters. The van der Waals surface area contributed by atoms with Crippen molar-refractivity contribution in [1.29, 1.82) is 0 Å². The first-order valence-corrected chi connectivity index (χ1v) is 22.1. The van der Waals surface area contributed by atoms with Gasteiger partial charge in [0.2, 0.25) is 0 Å². The van der Waals surface area contributed by atoms with Crippen LogP contribution in [-0.2, 0) is 7.05 Å². The molecule has 0 fully saturated rings. The first kappa shape index (κ1) is 34.8. The number of aromatic nitrogens is 1. The van der Waals surface area contributed by atoms with Gasteiger partial charge in [-0.2, -0.15) is 0 Å². The average Bonchev–Trinajstić information content (AvgIpc) is 3.61. The van der Waals surface area contributed by atoms with Crippen molar-refractivity contribution in [2.45, 2.75) is 13.8 Å². The van der Waals surface area contributed by atoms with E-state index < -0.39 is 0 Å². The smallest absolute Gasteiger partial charge is 0.255 e. The maximum atomic E-state index is 2.62. The SMILES string of the molecule is Cc1ccc2c(c1)B1c3c(cccc3N(c3cccc4c5ccccc5c5ccccc5c34)c3c1c1cc(C)ccc1n3C)N2c1cccc2c3ccccc3c3ccccc3c12. The van der Waals surface area contributed by atoms with E-state index in [1.54, 1.807) is 0 Å². The van der Waals surface area contributed by atoms with Crippen molar-refractivity contribution < 1.29 is 0 Å². The van der Waals surface area contributed by atoms with E-state index in [-0.39, 0.29) is 6.71 Å². The second-order valence-corrected chi connectivity index (χ2v) is 17.8. The Labute approximate surface area is 365 Å². The van der Waals surface area contributed by atoms with E-state index in [9.17, 15) is 0 Å². The van der Waals surface area contributed by atoms with Crippen molar-refractivity contribution >= 4 is 133 Å². The summed E-state index contributed by atoms with van der Waals surface area (Å²) in [5, 5.41) is 16.6. The molecule has 11 aromatic carbocycles. The minimum absolute atomic E-state index is 0.000739. The van der Waals surface area contributed by atoms with Crippen molar-refractivity contribution in [3.05, 3.63) is 199 Å². The van der Waals surface area contributed by atoms with Gasteiger partial charge in [0.1, 0.15) is 5.82 Å². The number of aryl methyl sites for hydroxylation is 3. The molecule has 0 radical (unpaired) electrons. The molecule has 0 saturated heterocycles. The summed E-state index contributed by atoms with van der Waals surface area (Å²) >= 11 is 0. The molecule has 0 spiro atoms.